The molecular weight excluding hydrogens is 402 g/mol. The van der Waals surface area contributed by atoms with Crippen LogP contribution in [0.15, 0.2) is 36.7 Å². The van der Waals surface area contributed by atoms with Crippen molar-refractivity contribution < 1.29 is 5.11 Å². The first-order valence-electron chi connectivity index (χ1n) is 11.5. The van der Waals surface area contributed by atoms with Crippen LogP contribution in [0.5, 0.6) is 5.75 Å². The van der Waals surface area contributed by atoms with Gasteiger partial charge in [-0.05, 0) is 49.4 Å². The molecule has 2 bridgehead atoms. The van der Waals surface area contributed by atoms with Gasteiger partial charge in [-0.15, -0.1) is 10.2 Å². The topological polar surface area (TPSA) is 82.3 Å². The number of hydrogen-bond acceptors (Lipinski definition) is 7. The zero-order chi connectivity index (χ0) is 21.8. The Bertz CT molecular complexity index is 1150. The van der Waals surface area contributed by atoms with Crippen molar-refractivity contribution >= 4 is 11.5 Å². The molecule has 1 aromatic carbocycles. The van der Waals surface area contributed by atoms with E-state index in [0.29, 0.717) is 29.4 Å². The van der Waals surface area contributed by atoms with Gasteiger partial charge in [0.15, 0.2) is 5.82 Å². The number of anilines is 2. The maximum absolute atomic E-state index is 10.8. The Morgan fingerprint density at radius 3 is 2.53 bits per heavy atom. The van der Waals surface area contributed by atoms with Crippen LogP contribution in [0.25, 0.3) is 22.4 Å². The molecule has 0 saturated carbocycles. The van der Waals surface area contributed by atoms with Crippen molar-refractivity contribution in [2.45, 2.75) is 43.8 Å². The molecule has 3 aromatic rings. The summed E-state index contributed by atoms with van der Waals surface area (Å²) in [5.74, 6) is 1.17. The molecule has 2 aromatic heterocycles. The Morgan fingerprint density at radius 1 is 1.00 bits per heavy atom. The Labute approximate surface area is 187 Å². The van der Waals surface area contributed by atoms with Crippen LogP contribution in [0.4, 0.5) is 11.5 Å². The molecular formula is C24H29N7O. The maximum Gasteiger partial charge on any atom is 0.175 e. The van der Waals surface area contributed by atoms with Gasteiger partial charge in [0.2, 0.25) is 0 Å². The van der Waals surface area contributed by atoms with Gasteiger partial charge in [0, 0.05) is 62.6 Å². The van der Waals surface area contributed by atoms with E-state index in [0.717, 1.165) is 35.7 Å². The average molecular weight is 432 g/mol. The van der Waals surface area contributed by atoms with Crippen molar-refractivity contribution in [1.29, 1.82) is 0 Å². The minimum Gasteiger partial charge on any atom is -0.507 e. The zero-order valence-corrected chi connectivity index (χ0v) is 18.6. The van der Waals surface area contributed by atoms with Crippen LogP contribution in [0.2, 0.25) is 0 Å². The number of nitrogens with zero attached hydrogens (tertiary/aromatic N) is 6. The predicted molar refractivity (Wildman–Crippen MR) is 125 cm³/mol. The minimum atomic E-state index is 0.200. The van der Waals surface area contributed by atoms with Crippen LogP contribution in [0, 0.1) is 0 Å². The first-order chi connectivity index (χ1) is 15.5. The van der Waals surface area contributed by atoms with Crippen LogP contribution >= 0.6 is 0 Å². The van der Waals surface area contributed by atoms with Gasteiger partial charge in [0.1, 0.15) is 5.75 Å². The Balaban J connectivity index is 1.32. The second-order valence-corrected chi connectivity index (χ2v) is 9.45. The van der Waals surface area contributed by atoms with Crippen molar-refractivity contribution in [3.8, 4) is 28.1 Å². The molecule has 0 spiro atoms. The number of aromatic nitrogens is 4. The normalized spacial score (nSPS) is 24.6. The van der Waals surface area contributed by atoms with Crippen molar-refractivity contribution in [1.82, 2.24) is 25.3 Å². The average Bonchev–Trinajstić information content (AvgIpc) is 3.38. The third-order valence-electron chi connectivity index (χ3n) is 7.32. The largest absolute Gasteiger partial charge is 0.507 e. The van der Waals surface area contributed by atoms with Crippen LogP contribution < -0.4 is 15.1 Å². The molecule has 1 unspecified atom stereocenters. The molecule has 2 N–H and O–H groups in total. The summed E-state index contributed by atoms with van der Waals surface area (Å²) in [7, 11) is 3.99. The van der Waals surface area contributed by atoms with Crippen LogP contribution in [-0.4, -0.2) is 63.3 Å². The first-order valence-corrected chi connectivity index (χ1v) is 11.5. The second-order valence-electron chi connectivity index (χ2n) is 9.45. The SMILES string of the molecule is CN1CCN(C2C[C@H]3CC[C@@H](C2)N3)c2nnc(-c3ccc(-c4cnn(C)c4)cc3O)cc21. The standard InChI is InChI=1S/C24H29N7O/c1-29-7-8-31(19-10-17-4-5-18(11-19)26-17)24-22(29)12-21(27-28-24)20-6-3-15(9-23(20)32)16-13-25-30(2)14-16/h3,6,9,12-14,17-19,26,32H,4-5,7-8,10-11H2,1-2H3/t17-,18+,19?. The molecule has 3 atom stereocenters. The van der Waals surface area contributed by atoms with Crippen molar-refractivity contribution in [2.24, 2.45) is 7.05 Å². The fraction of sp³-hybridized carbons (Fsp3) is 0.458. The van der Waals surface area contributed by atoms with E-state index >= 15 is 0 Å². The lowest BCUT2D eigenvalue weighted by Gasteiger charge is -2.43. The van der Waals surface area contributed by atoms with E-state index in [1.165, 1.54) is 25.7 Å². The summed E-state index contributed by atoms with van der Waals surface area (Å²) < 4.78 is 1.75. The van der Waals surface area contributed by atoms with Crippen molar-refractivity contribution in [3.63, 3.8) is 0 Å². The predicted octanol–water partition coefficient (Wildman–Crippen LogP) is 2.79. The molecule has 8 nitrogen and oxygen atoms in total. The molecule has 5 heterocycles. The van der Waals surface area contributed by atoms with Gasteiger partial charge in [-0.3, -0.25) is 4.68 Å². The molecule has 0 amide bonds. The third-order valence-corrected chi connectivity index (χ3v) is 7.32. The highest BCUT2D eigenvalue weighted by Gasteiger charge is 2.38. The number of rotatable bonds is 3. The number of phenolic OH excluding ortho intramolecular Hbond substituents is 1. The highest BCUT2D eigenvalue weighted by Crippen LogP contribution is 2.40. The summed E-state index contributed by atoms with van der Waals surface area (Å²) in [4.78, 5) is 4.73. The number of likely N-dealkylation sites (N-methyl/N-ethyl adjacent to an activating group) is 1. The van der Waals surface area contributed by atoms with Gasteiger partial charge in [-0.25, -0.2) is 0 Å². The van der Waals surface area contributed by atoms with E-state index in [9.17, 15) is 5.11 Å². The third kappa shape index (κ3) is 3.30. The molecule has 3 aliphatic rings. The Kier molecular flexibility index (Phi) is 4.57. The number of aryl methyl sites for hydroxylation is 1. The summed E-state index contributed by atoms with van der Waals surface area (Å²) in [5.41, 5.74) is 4.37. The Hall–Kier alpha value is -3.13. The molecule has 2 saturated heterocycles. The fourth-order valence-corrected chi connectivity index (χ4v) is 5.61. The van der Waals surface area contributed by atoms with Gasteiger partial charge in [-0.1, -0.05) is 6.07 Å². The summed E-state index contributed by atoms with van der Waals surface area (Å²) in [6.45, 7) is 1.94. The number of nitrogens with one attached hydrogen (secondary N) is 1. The number of phenols is 1. The monoisotopic (exact) mass is 431 g/mol. The lowest BCUT2D eigenvalue weighted by molar-refractivity contribution is 0.344. The summed E-state index contributed by atoms with van der Waals surface area (Å²) in [6, 6.07) is 9.56. The summed E-state index contributed by atoms with van der Waals surface area (Å²) in [5, 5.41) is 28.0. The number of aromatic hydroxyl groups is 1. The van der Waals surface area contributed by atoms with Crippen molar-refractivity contribution in [3.05, 3.63) is 36.7 Å². The van der Waals surface area contributed by atoms with Gasteiger partial charge < -0.3 is 20.2 Å². The van der Waals surface area contributed by atoms with Gasteiger partial charge in [0.05, 0.1) is 17.6 Å². The van der Waals surface area contributed by atoms with E-state index in [1.54, 1.807) is 16.9 Å². The van der Waals surface area contributed by atoms with E-state index in [2.05, 4.69) is 43.5 Å². The molecule has 0 radical (unpaired) electrons. The molecule has 8 heteroatoms. The second kappa shape index (κ2) is 7.48. The molecule has 6 rings (SSSR count). The highest BCUT2D eigenvalue weighted by atomic mass is 16.3. The highest BCUT2D eigenvalue weighted by molar-refractivity contribution is 5.79. The van der Waals surface area contributed by atoms with Gasteiger partial charge >= 0.3 is 0 Å². The fourth-order valence-electron chi connectivity index (χ4n) is 5.61. The quantitative estimate of drug-likeness (QED) is 0.660. The summed E-state index contributed by atoms with van der Waals surface area (Å²) in [6.07, 6.45) is 8.67. The van der Waals surface area contributed by atoms with E-state index < -0.39 is 0 Å². The molecule has 3 aliphatic heterocycles. The molecule has 166 valence electrons. The first kappa shape index (κ1) is 19.5. The molecule has 2 fully saturated rings. The smallest absolute Gasteiger partial charge is 0.175 e. The van der Waals surface area contributed by atoms with E-state index in [1.807, 2.05) is 25.4 Å². The lowest BCUT2D eigenvalue weighted by Crippen LogP contribution is -2.52. The van der Waals surface area contributed by atoms with Gasteiger partial charge in [0.25, 0.3) is 0 Å². The van der Waals surface area contributed by atoms with Crippen LogP contribution in [0.1, 0.15) is 25.7 Å². The zero-order valence-electron chi connectivity index (χ0n) is 18.6. The lowest BCUT2D eigenvalue weighted by atomic mass is 9.97. The molecule has 32 heavy (non-hydrogen) atoms. The Morgan fingerprint density at radius 2 is 1.81 bits per heavy atom. The number of piperidine rings is 1. The van der Waals surface area contributed by atoms with E-state index in [4.69, 9.17) is 0 Å². The maximum atomic E-state index is 10.8. The summed E-state index contributed by atoms with van der Waals surface area (Å²) >= 11 is 0. The van der Waals surface area contributed by atoms with Gasteiger partial charge in [-0.2, -0.15) is 5.10 Å². The number of benzene rings is 1. The number of hydrogen-bond donors (Lipinski definition) is 2. The minimum absolute atomic E-state index is 0.200. The van der Waals surface area contributed by atoms with E-state index in [-0.39, 0.29) is 5.75 Å². The number of fused-ring (bicyclic) bond motifs is 3. The van der Waals surface area contributed by atoms with Crippen molar-refractivity contribution in [2.75, 3.05) is 29.9 Å². The van der Waals surface area contributed by atoms with Crippen LogP contribution in [-0.2, 0) is 7.05 Å². The molecule has 0 aliphatic carbocycles. The van der Waals surface area contributed by atoms with Crippen LogP contribution in [0.3, 0.4) is 0 Å².